The molecule has 0 bridgehead atoms. The van der Waals surface area contributed by atoms with Gasteiger partial charge in [0.15, 0.2) is 0 Å². The van der Waals surface area contributed by atoms with Crippen LogP contribution in [0.25, 0.3) is 11.0 Å². The van der Waals surface area contributed by atoms with E-state index < -0.39 is 5.97 Å². The summed E-state index contributed by atoms with van der Waals surface area (Å²) >= 11 is 0. The van der Waals surface area contributed by atoms with Gasteiger partial charge in [0.25, 0.3) is 0 Å². The van der Waals surface area contributed by atoms with Crippen LogP contribution in [0.3, 0.4) is 0 Å². The summed E-state index contributed by atoms with van der Waals surface area (Å²) in [5, 5.41) is 9.05. The van der Waals surface area contributed by atoms with Crippen molar-refractivity contribution in [3.05, 3.63) is 29.6 Å². The molecule has 1 N–H and O–H groups in total. The third-order valence-electron chi connectivity index (χ3n) is 3.88. The number of hydrogen-bond acceptors (Lipinski definition) is 2. The summed E-state index contributed by atoms with van der Waals surface area (Å²) in [5.74, 6) is 1.58. The van der Waals surface area contributed by atoms with E-state index in [0.29, 0.717) is 5.56 Å². The fourth-order valence-corrected chi connectivity index (χ4v) is 2.49. The minimum Gasteiger partial charge on any atom is -0.478 e. The molecule has 2 unspecified atom stereocenters. The van der Waals surface area contributed by atoms with Gasteiger partial charge in [0.2, 0.25) is 0 Å². The quantitative estimate of drug-likeness (QED) is 0.903. The summed E-state index contributed by atoms with van der Waals surface area (Å²) in [6.45, 7) is 5.18. The van der Waals surface area contributed by atoms with E-state index in [-0.39, 0.29) is 0 Å². The monoisotopic (exact) mass is 244 g/mol. The van der Waals surface area contributed by atoms with Crippen LogP contribution in [-0.2, 0) is 6.54 Å². The number of fused-ring (bicyclic) bond motifs is 1. The Morgan fingerprint density at radius 3 is 2.89 bits per heavy atom. The van der Waals surface area contributed by atoms with Gasteiger partial charge in [-0.25, -0.2) is 9.78 Å². The van der Waals surface area contributed by atoms with Gasteiger partial charge in [-0.1, -0.05) is 6.92 Å². The van der Waals surface area contributed by atoms with Gasteiger partial charge in [-0.3, -0.25) is 0 Å². The SMILES string of the molecule is Cc1nc2ccc(C(=O)O)cc2n1CC1CC1C. The molecular formula is C14H16N2O2. The number of carbonyl (C=O) groups is 1. The number of aryl methyl sites for hydroxylation is 1. The molecule has 2 aromatic rings. The van der Waals surface area contributed by atoms with Gasteiger partial charge in [0, 0.05) is 6.54 Å². The molecule has 1 aromatic heterocycles. The number of rotatable bonds is 3. The number of aromatic nitrogens is 2. The lowest BCUT2D eigenvalue weighted by molar-refractivity contribution is 0.0697. The highest BCUT2D eigenvalue weighted by molar-refractivity contribution is 5.92. The first-order valence-corrected chi connectivity index (χ1v) is 6.26. The van der Waals surface area contributed by atoms with Crippen molar-refractivity contribution in [1.82, 2.24) is 9.55 Å². The standard InChI is InChI=1S/C14H16N2O2/c1-8-5-11(8)7-16-9(2)15-12-4-3-10(14(17)18)6-13(12)16/h3-4,6,8,11H,5,7H2,1-2H3,(H,17,18). The highest BCUT2D eigenvalue weighted by Gasteiger charge is 2.33. The van der Waals surface area contributed by atoms with Crippen LogP contribution >= 0.6 is 0 Å². The van der Waals surface area contributed by atoms with Crippen molar-refractivity contribution in [3.8, 4) is 0 Å². The molecule has 1 aliphatic carbocycles. The Labute approximate surface area is 105 Å². The van der Waals surface area contributed by atoms with Gasteiger partial charge in [-0.15, -0.1) is 0 Å². The second kappa shape index (κ2) is 3.83. The summed E-state index contributed by atoms with van der Waals surface area (Å²) < 4.78 is 2.15. The minimum absolute atomic E-state index is 0.326. The molecule has 0 radical (unpaired) electrons. The van der Waals surface area contributed by atoms with Crippen LogP contribution in [-0.4, -0.2) is 20.6 Å². The van der Waals surface area contributed by atoms with Crippen molar-refractivity contribution in [2.24, 2.45) is 11.8 Å². The minimum atomic E-state index is -0.887. The molecule has 94 valence electrons. The summed E-state index contributed by atoms with van der Waals surface area (Å²) in [7, 11) is 0. The summed E-state index contributed by atoms with van der Waals surface area (Å²) in [5.41, 5.74) is 2.14. The summed E-state index contributed by atoms with van der Waals surface area (Å²) in [4.78, 5) is 15.5. The van der Waals surface area contributed by atoms with Crippen LogP contribution in [0.2, 0.25) is 0 Å². The third kappa shape index (κ3) is 1.78. The zero-order chi connectivity index (χ0) is 12.9. The molecule has 2 atom stereocenters. The second-order valence-corrected chi connectivity index (χ2v) is 5.25. The number of carboxylic acids is 1. The molecule has 4 heteroatoms. The predicted octanol–water partition coefficient (Wildman–Crippen LogP) is 2.70. The Hall–Kier alpha value is -1.84. The van der Waals surface area contributed by atoms with E-state index in [4.69, 9.17) is 5.11 Å². The van der Waals surface area contributed by atoms with Gasteiger partial charge in [-0.05, 0) is 43.4 Å². The molecule has 1 heterocycles. The normalized spacial score (nSPS) is 22.3. The highest BCUT2D eigenvalue weighted by atomic mass is 16.4. The maximum atomic E-state index is 11.0. The van der Waals surface area contributed by atoms with Crippen LogP contribution < -0.4 is 0 Å². The van der Waals surface area contributed by atoms with Gasteiger partial charge in [0.1, 0.15) is 5.82 Å². The first-order valence-electron chi connectivity index (χ1n) is 6.26. The Kier molecular flexibility index (Phi) is 2.40. The Bertz CT molecular complexity index is 630. The van der Waals surface area contributed by atoms with Crippen LogP contribution in [0, 0.1) is 18.8 Å². The lowest BCUT2D eigenvalue weighted by Gasteiger charge is -2.06. The van der Waals surface area contributed by atoms with E-state index in [2.05, 4.69) is 16.5 Å². The molecule has 0 aliphatic heterocycles. The van der Waals surface area contributed by atoms with Gasteiger partial charge in [0.05, 0.1) is 16.6 Å². The van der Waals surface area contributed by atoms with Crippen molar-refractivity contribution in [2.75, 3.05) is 0 Å². The molecule has 0 amide bonds. The Morgan fingerprint density at radius 2 is 2.28 bits per heavy atom. The highest BCUT2D eigenvalue weighted by Crippen LogP contribution is 2.39. The first-order chi connectivity index (χ1) is 8.56. The lowest BCUT2D eigenvalue weighted by Crippen LogP contribution is -2.04. The lowest BCUT2D eigenvalue weighted by atomic mass is 10.2. The average Bonchev–Trinajstić information content (AvgIpc) is 2.92. The van der Waals surface area contributed by atoms with Crippen molar-refractivity contribution in [3.63, 3.8) is 0 Å². The van der Waals surface area contributed by atoms with E-state index in [1.54, 1.807) is 18.2 Å². The van der Waals surface area contributed by atoms with E-state index in [9.17, 15) is 4.79 Å². The van der Waals surface area contributed by atoms with Gasteiger partial charge >= 0.3 is 5.97 Å². The van der Waals surface area contributed by atoms with Crippen LogP contribution in [0.1, 0.15) is 29.5 Å². The van der Waals surface area contributed by atoms with E-state index in [1.807, 2.05) is 6.92 Å². The maximum Gasteiger partial charge on any atom is 0.335 e. The molecule has 3 rings (SSSR count). The maximum absolute atomic E-state index is 11.0. The molecule has 1 aliphatic rings. The first kappa shape index (κ1) is 11.3. The number of nitrogens with zero attached hydrogens (tertiary/aromatic N) is 2. The van der Waals surface area contributed by atoms with Gasteiger partial charge in [-0.2, -0.15) is 0 Å². The van der Waals surface area contributed by atoms with E-state index >= 15 is 0 Å². The number of hydrogen-bond donors (Lipinski definition) is 1. The molecule has 1 saturated carbocycles. The molecular weight excluding hydrogens is 228 g/mol. The van der Waals surface area contributed by atoms with Crippen LogP contribution in [0.15, 0.2) is 18.2 Å². The molecule has 0 spiro atoms. The predicted molar refractivity (Wildman–Crippen MR) is 68.7 cm³/mol. The van der Waals surface area contributed by atoms with Gasteiger partial charge < -0.3 is 9.67 Å². The van der Waals surface area contributed by atoms with E-state index in [0.717, 1.165) is 35.2 Å². The van der Waals surface area contributed by atoms with Crippen molar-refractivity contribution in [2.45, 2.75) is 26.8 Å². The molecule has 0 saturated heterocycles. The zero-order valence-electron chi connectivity index (χ0n) is 10.6. The Balaban J connectivity index is 2.07. The topological polar surface area (TPSA) is 55.1 Å². The molecule has 1 fully saturated rings. The number of aromatic carboxylic acids is 1. The molecule has 4 nitrogen and oxygen atoms in total. The number of benzene rings is 1. The van der Waals surface area contributed by atoms with Crippen molar-refractivity contribution < 1.29 is 9.90 Å². The number of carboxylic acid groups (broad SMARTS) is 1. The zero-order valence-corrected chi connectivity index (χ0v) is 10.6. The second-order valence-electron chi connectivity index (χ2n) is 5.25. The molecule has 1 aromatic carbocycles. The fourth-order valence-electron chi connectivity index (χ4n) is 2.49. The third-order valence-corrected chi connectivity index (χ3v) is 3.88. The summed E-state index contributed by atoms with van der Waals surface area (Å²) in [6.07, 6.45) is 1.26. The smallest absolute Gasteiger partial charge is 0.335 e. The van der Waals surface area contributed by atoms with Crippen LogP contribution in [0.5, 0.6) is 0 Å². The largest absolute Gasteiger partial charge is 0.478 e. The van der Waals surface area contributed by atoms with Crippen molar-refractivity contribution in [1.29, 1.82) is 0 Å². The summed E-state index contributed by atoms with van der Waals surface area (Å²) in [6, 6.07) is 5.13. The number of imidazole rings is 1. The Morgan fingerprint density at radius 1 is 1.56 bits per heavy atom. The van der Waals surface area contributed by atoms with Crippen molar-refractivity contribution >= 4 is 17.0 Å². The van der Waals surface area contributed by atoms with E-state index in [1.165, 1.54) is 6.42 Å². The average molecular weight is 244 g/mol. The van der Waals surface area contributed by atoms with Crippen LogP contribution in [0.4, 0.5) is 0 Å². The molecule has 18 heavy (non-hydrogen) atoms. The fraction of sp³-hybridized carbons (Fsp3) is 0.429.